The molecule has 0 aliphatic carbocycles. The molecule has 1 unspecified atom stereocenters. The fourth-order valence-corrected chi connectivity index (χ4v) is 2.57. The minimum atomic E-state index is 0.464. The zero-order chi connectivity index (χ0) is 15.1. The van der Waals surface area contributed by atoms with E-state index < -0.39 is 0 Å². The first-order valence-electron chi connectivity index (χ1n) is 8.05. The Morgan fingerprint density at radius 2 is 2.29 bits per heavy atom. The summed E-state index contributed by atoms with van der Waals surface area (Å²) in [5.41, 5.74) is 0.982. The van der Waals surface area contributed by atoms with Crippen molar-refractivity contribution in [3.63, 3.8) is 0 Å². The Morgan fingerprint density at radius 3 is 3.05 bits per heavy atom. The normalized spacial score (nSPS) is 20.3. The van der Waals surface area contributed by atoms with E-state index in [1.54, 1.807) is 0 Å². The van der Waals surface area contributed by atoms with Crippen molar-refractivity contribution < 1.29 is 4.74 Å². The molecule has 1 aliphatic heterocycles. The van der Waals surface area contributed by atoms with Crippen LogP contribution < -0.4 is 5.32 Å². The first kappa shape index (κ1) is 16.4. The maximum Gasteiger partial charge on any atom is 0.0964 e. The monoisotopic (exact) mass is 295 g/mol. The van der Waals surface area contributed by atoms with Crippen LogP contribution in [0.3, 0.4) is 0 Å². The summed E-state index contributed by atoms with van der Waals surface area (Å²) < 4.78 is 7.67. The second kappa shape index (κ2) is 8.46. The second-order valence-electron chi connectivity index (χ2n) is 6.21. The van der Waals surface area contributed by atoms with Gasteiger partial charge in [0.05, 0.1) is 25.5 Å². The summed E-state index contributed by atoms with van der Waals surface area (Å²) >= 11 is 0. The van der Waals surface area contributed by atoms with Crippen molar-refractivity contribution in [3.05, 3.63) is 11.9 Å². The van der Waals surface area contributed by atoms with Gasteiger partial charge >= 0.3 is 0 Å². The molecule has 0 spiro atoms. The Morgan fingerprint density at radius 1 is 1.43 bits per heavy atom. The maximum atomic E-state index is 5.81. The molecular weight excluding hydrogens is 266 g/mol. The highest BCUT2D eigenvalue weighted by atomic mass is 16.5. The summed E-state index contributed by atoms with van der Waals surface area (Å²) in [4.78, 5) is 2.41. The van der Waals surface area contributed by atoms with Crippen LogP contribution in [0.2, 0.25) is 0 Å². The van der Waals surface area contributed by atoms with E-state index in [2.05, 4.69) is 41.4 Å². The van der Waals surface area contributed by atoms with Gasteiger partial charge in [0.1, 0.15) is 0 Å². The number of likely N-dealkylation sites (tertiary alicyclic amines) is 1. The molecule has 1 saturated heterocycles. The molecule has 1 N–H and O–H groups in total. The van der Waals surface area contributed by atoms with E-state index in [1.807, 2.05) is 10.9 Å². The summed E-state index contributed by atoms with van der Waals surface area (Å²) in [5.74, 6) is 0. The predicted molar refractivity (Wildman–Crippen MR) is 83.1 cm³/mol. The SMILES string of the molecule is CC(C)NCc1cn(CCOCC2CCCCN2C)nn1. The van der Waals surface area contributed by atoms with Gasteiger partial charge in [-0.3, -0.25) is 0 Å². The highest BCUT2D eigenvalue weighted by Crippen LogP contribution is 2.14. The molecule has 0 amide bonds. The average Bonchev–Trinajstić information content (AvgIpc) is 2.91. The third-order valence-corrected chi connectivity index (χ3v) is 3.97. The lowest BCUT2D eigenvalue weighted by molar-refractivity contribution is 0.0482. The molecular formula is C15H29N5O. The molecule has 6 nitrogen and oxygen atoms in total. The number of nitrogens with one attached hydrogen (secondary N) is 1. The van der Waals surface area contributed by atoms with E-state index in [4.69, 9.17) is 4.74 Å². The van der Waals surface area contributed by atoms with E-state index in [9.17, 15) is 0 Å². The number of likely N-dealkylation sites (N-methyl/N-ethyl adjacent to an activating group) is 1. The zero-order valence-corrected chi connectivity index (χ0v) is 13.6. The van der Waals surface area contributed by atoms with Crippen molar-refractivity contribution in [2.45, 2.75) is 58.3 Å². The van der Waals surface area contributed by atoms with Crippen molar-refractivity contribution in [2.24, 2.45) is 0 Å². The van der Waals surface area contributed by atoms with Gasteiger partial charge in [-0.15, -0.1) is 5.10 Å². The van der Waals surface area contributed by atoms with Gasteiger partial charge < -0.3 is 15.0 Å². The fourth-order valence-electron chi connectivity index (χ4n) is 2.57. The average molecular weight is 295 g/mol. The first-order chi connectivity index (χ1) is 10.1. The molecule has 1 aromatic rings. The Labute approximate surface area is 127 Å². The van der Waals surface area contributed by atoms with Crippen molar-refractivity contribution in [1.82, 2.24) is 25.2 Å². The number of nitrogens with zero attached hydrogens (tertiary/aromatic N) is 4. The van der Waals surface area contributed by atoms with Gasteiger partial charge in [-0.05, 0) is 26.4 Å². The lowest BCUT2D eigenvalue weighted by Gasteiger charge is -2.32. The quantitative estimate of drug-likeness (QED) is 0.732. The zero-order valence-electron chi connectivity index (χ0n) is 13.6. The van der Waals surface area contributed by atoms with Crippen LogP contribution in [0.15, 0.2) is 6.20 Å². The second-order valence-corrected chi connectivity index (χ2v) is 6.21. The molecule has 120 valence electrons. The Bertz CT molecular complexity index is 407. The molecule has 2 rings (SSSR count). The molecule has 21 heavy (non-hydrogen) atoms. The van der Waals surface area contributed by atoms with E-state index >= 15 is 0 Å². The fraction of sp³-hybridized carbons (Fsp3) is 0.867. The number of piperidine rings is 1. The van der Waals surface area contributed by atoms with Crippen molar-refractivity contribution in [3.8, 4) is 0 Å². The van der Waals surface area contributed by atoms with Crippen molar-refractivity contribution in [2.75, 3.05) is 26.8 Å². The molecule has 1 aliphatic rings. The Hall–Kier alpha value is -0.980. The smallest absolute Gasteiger partial charge is 0.0964 e. The largest absolute Gasteiger partial charge is 0.378 e. The van der Waals surface area contributed by atoms with Gasteiger partial charge in [0.2, 0.25) is 0 Å². The number of hydrogen-bond acceptors (Lipinski definition) is 5. The van der Waals surface area contributed by atoms with Crippen LogP contribution in [0.1, 0.15) is 38.8 Å². The Kier molecular flexibility index (Phi) is 6.60. The molecule has 2 heterocycles. The van der Waals surface area contributed by atoms with E-state index in [-0.39, 0.29) is 0 Å². The number of ether oxygens (including phenoxy) is 1. The third kappa shape index (κ3) is 5.73. The summed E-state index contributed by atoms with van der Waals surface area (Å²) in [5, 5.41) is 11.6. The van der Waals surface area contributed by atoms with Gasteiger partial charge in [-0.25, -0.2) is 4.68 Å². The summed E-state index contributed by atoms with van der Waals surface area (Å²) in [7, 11) is 2.19. The molecule has 1 aromatic heterocycles. The minimum Gasteiger partial charge on any atom is -0.378 e. The van der Waals surface area contributed by atoms with Gasteiger partial charge in [-0.2, -0.15) is 0 Å². The summed E-state index contributed by atoms with van der Waals surface area (Å²) in [6.45, 7) is 8.51. The van der Waals surface area contributed by atoms with Crippen LogP contribution in [-0.4, -0.2) is 58.8 Å². The molecule has 0 bridgehead atoms. The van der Waals surface area contributed by atoms with Gasteiger partial charge in [0.15, 0.2) is 0 Å². The third-order valence-electron chi connectivity index (χ3n) is 3.97. The van der Waals surface area contributed by atoms with Gasteiger partial charge in [-0.1, -0.05) is 25.5 Å². The highest BCUT2D eigenvalue weighted by Gasteiger charge is 2.18. The van der Waals surface area contributed by atoms with E-state index in [0.29, 0.717) is 18.7 Å². The highest BCUT2D eigenvalue weighted by molar-refractivity contribution is 4.91. The minimum absolute atomic E-state index is 0.464. The van der Waals surface area contributed by atoms with Crippen LogP contribution in [0, 0.1) is 0 Å². The molecule has 1 fully saturated rings. The standard InChI is InChI=1S/C15H29N5O/c1-13(2)16-10-14-11-20(18-17-14)8-9-21-12-15-6-4-5-7-19(15)3/h11,13,15-16H,4-10,12H2,1-3H3. The predicted octanol–water partition coefficient (Wildman–Crippen LogP) is 1.28. The van der Waals surface area contributed by atoms with Crippen molar-refractivity contribution in [1.29, 1.82) is 0 Å². The van der Waals surface area contributed by atoms with Crippen LogP contribution in [0.25, 0.3) is 0 Å². The first-order valence-corrected chi connectivity index (χ1v) is 8.05. The number of rotatable bonds is 8. The molecule has 6 heteroatoms. The summed E-state index contributed by atoms with van der Waals surface area (Å²) in [6, 6.07) is 1.05. The maximum absolute atomic E-state index is 5.81. The lowest BCUT2D eigenvalue weighted by atomic mass is 10.0. The van der Waals surface area contributed by atoms with E-state index in [1.165, 1.54) is 25.8 Å². The number of aromatic nitrogens is 3. The van der Waals surface area contributed by atoms with Crippen LogP contribution in [-0.2, 0) is 17.8 Å². The van der Waals surface area contributed by atoms with Crippen molar-refractivity contribution >= 4 is 0 Å². The van der Waals surface area contributed by atoms with Gasteiger partial charge in [0, 0.05) is 24.8 Å². The molecule has 0 aromatic carbocycles. The van der Waals surface area contributed by atoms with E-state index in [0.717, 1.165) is 25.4 Å². The van der Waals surface area contributed by atoms with Crippen LogP contribution >= 0.6 is 0 Å². The molecule has 1 atom stereocenters. The topological polar surface area (TPSA) is 55.2 Å². The number of hydrogen-bond donors (Lipinski definition) is 1. The van der Waals surface area contributed by atoms with Gasteiger partial charge in [0.25, 0.3) is 0 Å². The van der Waals surface area contributed by atoms with Crippen LogP contribution in [0.4, 0.5) is 0 Å². The lowest BCUT2D eigenvalue weighted by Crippen LogP contribution is -2.39. The van der Waals surface area contributed by atoms with Crippen LogP contribution in [0.5, 0.6) is 0 Å². The molecule has 0 saturated carbocycles. The summed E-state index contributed by atoms with van der Waals surface area (Å²) in [6.07, 6.45) is 5.89. The Balaban J connectivity index is 1.62. The molecule has 0 radical (unpaired) electrons.